The first kappa shape index (κ1) is 24.2. The third kappa shape index (κ3) is 5.22. The fourth-order valence-corrected chi connectivity index (χ4v) is 4.55. The molecular formula is C32H29N3O2. The molecule has 0 saturated carbocycles. The number of benzene rings is 4. The van der Waals surface area contributed by atoms with Crippen LogP contribution in [-0.2, 0) is 6.54 Å². The van der Waals surface area contributed by atoms with Crippen LogP contribution in [0.25, 0.3) is 22.0 Å². The lowest BCUT2D eigenvalue weighted by Gasteiger charge is -2.10. The predicted molar refractivity (Wildman–Crippen MR) is 151 cm³/mol. The van der Waals surface area contributed by atoms with Gasteiger partial charge in [-0.1, -0.05) is 72.8 Å². The van der Waals surface area contributed by atoms with E-state index >= 15 is 0 Å². The van der Waals surface area contributed by atoms with Crippen molar-refractivity contribution in [2.75, 3.05) is 14.1 Å². The summed E-state index contributed by atoms with van der Waals surface area (Å²) in [7, 11) is 4.09. The number of hydrogen-bond donors (Lipinski definition) is 2. The summed E-state index contributed by atoms with van der Waals surface area (Å²) in [5.41, 5.74) is 7.64. The number of aromatic nitrogens is 1. The molecule has 5 aromatic rings. The number of rotatable bonds is 7. The normalized spacial score (nSPS) is 11.8. The quantitative estimate of drug-likeness (QED) is 0.192. The molecule has 1 aromatic heterocycles. The van der Waals surface area contributed by atoms with E-state index in [1.807, 2.05) is 99.0 Å². The van der Waals surface area contributed by atoms with Crippen molar-refractivity contribution in [3.63, 3.8) is 0 Å². The number of ketones is 1. The first-order valence-electron chi connectivity index (χ1n) is 12.2. The molecule has 0 bridgehead atoms. The van der Waals surface area contributed by atoms with Gasteiger partial charge in [0.1, 0.15) is 0 Å². The van der Waals surface area contributed by atoms with Crippen LogP contribution in [0.5, 0.6) is 5.88 Å². The Morgan fingerprint density at radius 2 is 1.54 bits per heavy atom. The van der Waals surface area contributed by atoms with Crippen LogP contribution in [-0.4, -0.2) is 40.6 Å². The van der Waals surface area contributed by atoms with Gasteiger partial charge in [0.25, 0.3) is 0 Å². The fourth-order valence-electron chi connectivity index (χ4n) is 4.55. The summed E-state index contributed by atoms with van der Waals surface area (Å²) in [5.74, 6) is 0.0951. The molecule has 0 saturated heterocycles. The van der Waals surface area contributed by atoms with E-state index in [2.05, 4.69) is 22.0 Å². The second kappa shape index (κ2) is 10.2. The molecule has 5 heteroatoms. The number of nitrogens with one attached hydrogen (secondary N) is 1. The zero-order chi connectivity index (χ0) is 25.9. The lowest BCUT2D eigenvalue weighted by Crippen LogP contribution is -2.10. The molecule has 5 rings (SSSR count). The topological polar surface area (TPSA) is 68.7 Å². The van der Waals surface area contributed by atoms with Gasteiger partial charge in [0.05, 0.1) is 17.0 Å². The summed E-state index contributed by atoms with van der Waals surface area (Å²) >= 11 is 0. The van der Waals surface area contributed by atoms with E-state index in [0.29, 0.717) is 16.8 Å². The van der Waals surface area contributed by atoms with Gasteiger partial charge in [-0.15, -0.1) is 0 Å². The summed E-state index contributed by atoms with van der Waals surface area (Å²) in [5, 5.41) is 12.0. The minimum absolute atomic E-state index is 0.0289. The lowest BCUT2D eigenvalue weighted by molar-refractivity contribution is 0.101. The molecule has 0 spiro atoms. The molecule has 4 aromatic carbocycles. The van der Waals surface area contributed by atoms with Crippen LogP contribution in [0.15, 0.2) is 102 Å². The number of carbonyl (C=O) groups is 1. The van der Waals surface area contributed by atoms with Crippen molar-refractivity contribution < 1.29 is 9.90 Å². The van der Waals surface area contributed by atoms with Crippen molar-refractivity contribution >= 4 is 28.1 Å². The molecule has 0 radical (unpaired) electrons. The zero-order valence-electron chi connectivity index (χ0n) is 21.2. The monoisotopic (exact) mass is 487 g/mol. The van der Waals surface area contributed by atoms with Crippen molar-refractivity contribution in [1.29, 1.82) is 0 Å². The van der Waals surface area contributed by atoms with Gasteiger partial charge >= 0.3 is 0 Å². The summed E-state index contributed by atoms with van der Waals surface area (Å²) in [4.78, 5) is 22.1. The van der Waals surface area contributed by atoms with Crippen LogP contribution >= 0.6 is 0 Å². The molecule has 0 atom stereocenters. The van der Waals surface area contributed by atoms with E-state index in [4.69, 9.17) is 4.99 Å². The second-order valence-corrected chi connectivity index (χ2v) is 9.48. The Morgan fingerprint density at radius 3 is 2.24 bits per heavy atom. The van der Waals surface area contributed by atoms with Gasteiger partial charge in [0.15, 0.2) is 11.7 Å². The SMILES string of the molecule is CC(=O)c1cccc(-c2ccc3c(C(=Nc4ccc(CN(C)C)cc4)c4ccccc4)c(O)[nH]c3c2)c1. The highest BCUT2D eigenvalue weighted by Gasteiger charge is 2.19. The minimum Gasteiger partial charge on any atom is -0.494 e. The molecule has 37 heavy (non-hydrogen) atoms. The van der Waals surface area contributed by atoms with Gasteiger partial charge in [-0.05, 0) is 62.0 Å². The molecule has 5 nitrogen and oxygen atoms in total. The maximum Gasteiger partial charge on any atom is 0.199 e. The van der Waals surface area contributed by atoms with E-state index in [1.54, 1.807) is 6.92 Å². The van der Waals surface area contributed by atoms with Crippen molar-refractivity contribution in [3.8, 4) is 17.0 Å². The number of aliphatic imine (C=N–C) groups is 1. The Labute approximate surface area is 216 Å². The van der Waals surface area contributed by atoms with Gasteiger partial charge in [0, 0.05) is 28.6 Å². The van der Waals surface area contributed by atoms with Gasteiger partial charge in [0.2, 0.25) is 0 Å². The summed E-state index contributed by atoms with van der Waals surface area (Å²) < 4.78 is 0. The zero-order valence-corrected chi connectivity index (χ0v) is 21.2. The van der Waals surface area contributed by atoms with Crippen LogP contribution in [0, 0.1) is 0 Å². The van der Waals surface area contributed by atoms with Gasteiger partial charge < -0.3 is 15.0 Å². The maximum atomic E-state index is 11.9. The molecule has 1 heterocycles. The van der Waals surface area contributed by atoms with E-state index < -0.39 is 0 Å². The number of carbonyl (C=O) groups excluding carboxylic acids is 1. The van der Waals surface area contributed by atoms with E-state index in [1.165, 1.54) is 5.56 Å². The average Bonchev–Trinajstić information content (AvgIpc) is 3.23. The van der Waals surface area contributed by atoms with Crippen LogP contribution in [0.4, 0.5) is 5.69 Å². The molecule has 2 N–H and O–H groups in total. The van der Waals surface area contributed by atoms with Crippen LogP contribution in [0.3, 0.4) is 0 Å². The Morgan fingerprint density at radius 1 is 0.838 bits per heavy atom. The molecule has 184 valence electrons. The van der Waals surface area contributed by atoms with Gasteiger partial charge in [-0.2, -0.15) is 0 Å². The highest BCUT2D eigenvalue weighted by Crippen LogP contribution is 2.34. The van der Waals surface area contributed by atoms with Crippen LogP contribution < -0.4 is 0 Å². The van der Waals surface area contributed by atoms with Crippen LogP contribution in [0.1, 0.15) is 34.0 Å². The molecule has 0 unspecified atom stereocenters. The third-order valence-corrected chi connectivity index (χ3v) is 6.34. The molecule has 0 aliphatic rings. The Balaban J connectivity index is 1.61. The summed E-state index contributed by atoms with van der Waals surface area (Å²) in [6.07, 6.45) is 0. The van der Waals surface area contributed by atoms with Crippen molar-refractivity contribution in [3.05, 3.63) is 119 Å². The first-order chi connectivity index (χ1) is 17.9. The Kier molecular flexibility index (Phi) is 6.71. The Bertz CT molecular complexity index is 1600. The smallest absolute Gasteiger partial charge is 0.199 e. The highest BCUT2D eigenvalue weighted by molar-refractivity contribution is 6.22. The number of fused-ring (bicyclic) bond motifs is 1. The van der Waals surface area contributed by atoms with E-state index in [9.17, 15) is 9.90 Å². The standard InChI is InChI=1S/C32H29N3O2/c1-21(36)24-10-7-11-25(18-24)26-14-17-28-29(19-26)34-32(37)30(28)31(23-8-5-4-6-9-23)33-27-15-12-22(13-16-27)20-35(2)3/h4-19,34,37H,20H2,1-3H3. The minimum atomic E-state index is 0.0289. The van der Waals surface area contributed by atoms with Gasteiger partial charge in [-0.25, -0.2) is 4.99 Å². The van der Waals surface area contributed by atoms with Crippen molar-refractivity contribution in [1.82, 2.24) is 9.88 Å². The largest absolute Gasteiger partial charge is 0.494 e. The predicted octanol–water partition coefficient (Wildman–Crippen LogP) is 6.97. The molecule has 0 aliphatic carbocycles. The summed E-state index contributed by atoms with van der Waals surface area (Å²) in [6.45, 7) is 2.42. The van der Waals surface area contributed by atoms with Crippen LogP contribution in [0.2, 0.25) is 0 Å². The summed E-state index contributed by atoms with van der Waals surface area (Å²) in [6, 6.07) is 31.7. The first-order valence-corrected chi connectivity index (χ1v) is 12.2. The third-order valence-electron chi connectivity index (χ3n) is 6.34. The van der Waals surface area contributed by atoms with Crippen molar-refractivity contribution in [2.24, 2.45) is 4.99 Å². The second-order valence-electron chi connectivity index (χ2n) is 9.48. The van der Waals surface area contributed by atoms with Crippen molar-refractivity contribution in [2.45, 2.75) is 13.5 Å². The average molecular weight is 488 g/mol. The number of aromatic amines is 1. The fraction of sp³-hybridized carbons (Fsp3) is 0.125. The van der Waals surface area contributed by atoms with E-state index in [-0.39, 0.29) is 11.7 Å². The number of hydrogen-bond acceptors (Lipinski definition) is 4. The molecule has 0 amide bonds. The maximum absolute atomic E-state index is 11.9. The lowest BCUT2D eigenvalue weighted by atomic mass is 9.97. The number of aromatic hydroxyl groups is 1. The molecule has 0 fully saturated rings. The van der Waals surface area contributed by atoms with Gasteiger partial charge in [-0.3, -0.25) is 4.79 Å². The molecule has 0 aliphatic heterocycles. The Hall–Kier alpha value is -4.48. The number of Topliss-reactive ketones (excluding diaryl/α,β-unsaturated/α-hetero) is 1. The number of H-pyrrole nitrogens is 1. The number of nitrogens with zero attached hydrogens (tertiary/aromatic N) is 2. The molecular weight excluding hydrogens is 458 g/mol. The van der Waals surface area contributed by atoms with E-state index in [0.717, 1.165) is 39.8 Å². The highest BCUT2D eigenvalue weighted by atomic mass is 16.3.